The predicted molar refractivity (Wildman–Crippen MR) is 78.5 cm³/mol. The summed E-state index contributed by atoms with van der Waals surface area (Å²) in [5.41, 5.74) is 0.798. The van der Waals surface area contributed by atoms with Gasteiger partial charge in [0.2, 0.25) is 0 Å². The van der Waals surface area contributed by atoms with Gasteiger partial charge in [-0.1, -0.05) is 41.2 Å². The lowest BCUT2D eigenvalue weighted by atomic mass is 10.1. The second-order valence-corrected chi connectivity index (χ2v) is 6.20. The highest BCUT2D eigenvalue weighted by atomic mass is 79.9. The number of aromatic nitrogens is 2. The molecule has 0 aliphatic heterocycles. The van der Waals surface area contributed by atoms with E-state index in [2.05, 4.69) is 37.8 Å². The number of amides is 1. The van der Waals surface area contributed by atoms with Crippen LogP contribution in [-0.2, 0) is 0 Å². The molecule has 1 heterocycles. The number of alkyl halides is 1. The van der Waals surface area contributed by atoms with Gasteiger partial charge in [0.05, 0.1) is 5.69 Å². The topological polar surface area (TPSA) is 54.9 Å². The number of halogens is 1. The molecule has 4 nitrogen and oxygen atoms in total. The van der Waals surface area contributed by atoms with Crippen LogP contribution in [0.3, 0.4) is 0 Å². The van der Waals surface area contributed by atoms with Crippen molar-refractivity contribution in [2.75, 3.05) is 11.9 Å². The van der Waals surface area contributed by atoms with Crippen LogP contribution in [0.25, 0.3) is 0 Å². The highest BCUT2D eigenvalue weighted by molar-refractivity contribution is 9.09. The monoisotopic (exact) mass is 333 g/mol. The standard InChI is InChI=1S/C12H20BrN3OS/c1-8(2)10-11(18-16-15-10)12(17)14-6-4-5-9(3)7-13/h8-9H,4-7H2,1-3H3,(H,14,17). The molecule has 6 heteroatoms. The maximum Gasteiger partial charge on any atom is 0.264 e. The first-order valence-electron chi connectivity index (χ1n) is 6.22. The van der Waals surface area contributed by atoms with Gasteiger partial charge >= 0.3 is 0 Å². The van der Waals surface area contributed by atoms with E-state index in [-0.39, 0.29) is 11.8 Å². The Morgan fingerprint density at radius 3 is 2.78 bits per heavy atom. The molecule has 0 aliphatic rings. The number of carbonyl (C=O) groups is 1. The number of hydrogen-bond acceptors (Lipinski definition) is 4. The average molecular weight is 334 g/mol. The lowest BCUT2D eigenvalue weighted by Crippen LogP contribution is -2.25. The lowest BCUT2D eigenvalue weighted by molar-refractivity contribution is 0.0955. The van der Waals surface area contributed by atoms with Gasteiger partial charge in [-0.3, -0.25) is 4.79 Å². The van der Waals surface area contributed by atoms with Crippen molar-refractivity contribution < 1.29 is 4.79 Å². The van der Waals surface area contributed by atoms with Crippen molar-refractivity contribution in [3.63, 3.8) is 0 Å². The average Bonchev–Trinajstić information content (AvgIpc) is 2.83. The van der Waals surface area contributed by atoms with E-state index in [4.69, 9.17) is 0 Å². The first kappa shape index (κ1) is 15.6. The highest BCUT2D eigenvalue weighted by Gasteiger charge is 2.18. The van der Waals surface area contributed by atoms with Gasteiger partial charge in [-0.15, -0.1) is 5.10 Å². The molecule has 18 heavy (non-hydrogen) atoms. The minimum atomic E-state index is -0.0415. The first-order valence-corrected chi connectivity index (χ1v) is 8.12. The van der Waals surface area contributed by atoms with Crippen molar-refractivity contribution in [1.82, 2.24) is 14.9 Å². The van der Waals surface area contributed by atoms with Gasteiger partial charge in [0.15, 0.2) is 0 Å². The molecule has 0 spiro atoms. The van der Waals surface area contributed by atoms with Gasteiger partial charge in [0.25, 0.3) is 5.91 Å². The molecule has 1 atom stereocenters. The van der Waals surface area contributed by atoms with Gasteiger partial charge in [0, 0.05) is 11.9 Å². The minimum absolute atomic E-state index is 0.0415. The van der Waals surface area contributed by atoms with Gasteiger partial charge < -0.3 is 5.32 Å². The molecule has 1 rings (SSSR count). The van der Waals surface area contributed by atoms with Crippen LogP contribution in [0.2, 0.25) is 0 Å². The van der Waals surface area contributed by atoms with Crippen LogP contribution < -0.4 is 5.32 Å². The third-order valence-corrected chi connectivity index (χ3v) is 4.53. The fourth-order valence-corrected chi connectivity index (χ4v) is 2.60. The van der Waals surface area contributed by atoms with Crippen LogP contribution in [0, 0.1) is 5.92 Å². The number of hydrogen-bond donors (Lipinski definition) is 1. The highest BCUT2D eigenvalue weighted by Crippen LogP contribution is 2.19. The molecule has 0 aromatic carbocycles. The summed E-state index contributed by atoms with van der Waals surface area (Å²) in [6.45, 7) is 6.95. The number of nitrogens with zero attached hydrogens (tertiary/aromatic N) is 2. The Morgan fingerprint density at radius 2 is 2.17 bits per heavy atom. The van der Waals surface area contributed by atoms with E-state index in [0.717, 1.165) is 23.9 Å². The summed E-state index contributed by atoms with van der Waals surface area (Å²) in [5, 5.41) is 7.96. The maximum absolute atomic E-state index is 12.0. The zero-order valence-corrected chi connectivity index (χ0v) is 13.5. The lowest BCUT2D eigenvalue weighted by Gasteiger charge is -2.08. The Labute approximate surface area is 121 Å². The molecule has 0 radical (unpaired) electrons. The van der Waals surface area contributed by atoms with Gasteiger partial charge in [-0.2, -0.15) is 0 Å². The summed E-state index contributed by atoms with van der Waals surface area (Å²) in [6, 6.07) is 0. The van der Waals surface area contributed by atoms with Crippen molar-refractivity contribution in [1.29, 1.82) is 0 Å². The SMILES string of the molecule is CC(CBr)CCCNC(=O)c1snnc1C(C)C. The van der Waals surface area contributed by atoms with Crippen molar-refractivity contribution in [2.45, 2.75) is 39.5 Å². The van der Waals surface area contributed by atoms with Crippen LogP contribution in [0.1, 0.15) is 54.9 Å². The third kappa shape index (κ3) is 4.65. The van der Waals surface area contributed by atoms with Crippen LogP contribution >= 0.6 is 27.5 Å². The summed E-state index contributed by atoms with van der Waals surface area (Å²) in [6.07, 6.45) is 2.12. The van der Waals surface area contributed by atoms with E-state index in [9.17, 15) is 4.79 Å². The Bertz CT molecular complexity index is 381. The smallest absolute Gasteiger partial charge is 0.264 e. The second kappa shape index (κ2) is 7.84. The van der Waals surface area contributed by atoms with E-state index in [0.29, 0.717) is 17.3 Å². The zero-order chi connectivity index (χ0) is 13.5. The molecule has 0 bridgehead atoms. The van der Waals surface area contributed by atoms with Crippen LogP contribution in [0.4, 0.5) is 0 Å². The molecule has 1 aromatic rings. The molecule has 1 unspecified atom stereocenters. The third-order valence-electron chi connectivity index (χ3n) is 2.69. The van der Waals surface area contributed by atoms with Crippen molar-refractivity contribution in [3.8, 4) is 0 Å². The molecule has 0 aliphatic carbocycles. The van der Waals surface area contributed by atoms with Gasteiger partial charge in [-0.05, 0) is 36.2 Å². The van der Waals surface area contributed by atoms with E-state index in [1.54, 1.807) is 0 Å². The van der Waals surface area contributed by atoms with E-state index >= 15 is 0 Å². The Kier molecular flexibility index (Phi) is 6.78. The minimum Gasteiger partial charge on any atom is -0.351 e. The van der Waals surface area contributed by atoms with Gasteiger partial charge in [-0.25, -0.2) is 0 Å². The Morgan fingerprint density at radius 1 is 1.44 bits per heavy atom. The van der Waals surface area contributed by atoms with Crippen molar-refractivity contribution >= 4 is 33.4 Å². The fourth-order valence-electron chi connectivity index (χ4n) is 1.54. The molecule has 0 saturated carbocycles. The quantitative estimate of drug-likeness (QED) is 0.615. The summed E-state index contributed by atoms with van der Waals surface area (Å²) in [5.74, 6) is 0.844. The molecule has 1 N–H and O–H groups in total. The zero-order valence-electron chi connectivity index (χ0n) is 11.1. The van der Waals surface area contributed by atoms with Crippen LogP contribution in [-0.4, -0.2) is 27.4 Å². The van der Waals surface area contributed by atoms with Crippen LogP contribution in [0.15, 0.2) is 0 Å². The van der Waals surface area contributed by atoms with Crippen molar-refractivity contribution in [3.05, 3.63) is 10.6 Å². The largest absolute Gasteiger partial charge is 0.351 e. The molecular formula is C12H20BrN3OS. The fraction of sp³-hybridized carbons (Fsp3) is 0.750. The molecule has 1 aromatic heterocycles. The summed E-state index contributed by atoms with van der Waals surface area (Å²) >= 11 is 4.62. The summed E-state index contributed by atoms with van der Waals surface area (Å²) in [4.78, 5) is 12.6. The Balaban J connectivity index is 2.39. The first-order chi connectivity index (χ1) is 8.56. The van der Waals surface area contributed by atoms with E-state index in [1.807, 2.05) is 13.8 Å². The number of carbonyl (C=O) groups excluding carboxylic acids is 1. The normalized spacial score (nSPS) is 12.7. The van der Waals surface area contributed by atoms with Gasteiger partial charge in [0.1, 0.15) is 4.88 Å². The summed E-state index contributed by atoms with van der Waals surface area (Å²) < 4.78 is 3.86. The number of nitrogens with one attached hydrogen (secondary N) is 1. The molecule has 0 saturated heterocycles. The molecule has 102 valence electrons. The molecular weight excluding hydrogens is 314 g/mol. The van der Waals surface area contributed by atoms with E-state index < -0.39 is 0 Å². The summed E-state index contributed by atoms with van der Waals surface area (Å²) in [7, 11) is 0. The molecule has 1 amide bonds. The second-order valence-electron chi connectivity index (χ2n) is 4.80. The maximum atomic E-state index is 12.0. The van der Waals surface area contributed by atoms with Crippen LogP contribution in [0.5, 0.6) is 0 Å². The predicted octanol–water partition coefficient (Wildman–Crippen LogP) is 3.20. The van der Waals surface area contributed by atoms with Crippen molar-refractivity contribution in [2.24, 2.45) is 5.92 Å². The van der Waals surface area contributed by atoms with E-state index in [1.165, 1.54) is 11.5 Å². The number of rotatable bonds is 7. The molecule has 0 fully saturated rings. The Hall–Kier alpha value is -0.490.